The topological polar surface area (TPSA) is 96.0 Å². The number of fused-ring (bicyclic) bond motifs is 2. The zero-order chi connectivity index (χ0) is 26.2. The molecule has 2 aromatic rings. The second kappa shape index (κ2) is 12.9. The van der Waals surface area contributed by atoms with Crippen molar-refractivity contribution in [2.24, 2.45) is 0 Å². The Morgan fingerprint density at radius 1 is 0.833 bits per heavy atom. The fourth-order valence-electron chi connectivity index (χ4n) is 5.20. The van der Waals surface area contributed by atoms with E-state index in [2.05, 4.69) is 37.5 Å². The molecule has 0 aliphatic carbocycles. The minimum Gasteiger partial charge on any atom is -0.545 e. The van der Waals surface area contributed by atoms with E-state index in [1.165, 1.54) is 6.07 Å². The molecule has 0 saturated heterocycles. The fraction of sp³-hybridized carbons (Fsp3) is 0.517. The molecule has 1 aliphatic rings. The largest absolute Gasteiger partial charge is 0.545 e. The summed E-state index contributed by atoms with van der Waals surface area (Å²) in [5, 5.41) is 24.3. The van der Waals surface area contributed by atoms with Gasteiger partial charge in [0.25, 0.3) is 0 Å². The highest BCUT2D eigenvalue weighted by Crippen LogP contribution is 2.42. The molecule has 1 heterocycles. The number of aryl methyl sites for hydroxylation is 1. The summed E-state index contributed by atoms with van der Waals surface area (Å²) in [5.74, 6) is -1.64. The predicted molar refractivity (Wildman–Crippen MR) is 137 cm³/mol. The molecule has 0 atom stereocenters. The lowest BCUT2D eigenvalue weighted by Gasteiger charge is -2.29. The van der Waals surface area contributed by atoms with Gasteiger partial charge < -0.3 is 34.3 Å². The Kier molecular flexibility index (Phi) is 9.90. The minimum atomic E-state index is -1.30. The quantitative estimate of drug-likeness (QED) is 0.340. The van der Waals surface area contributed by atoms with Gasteiger partial charge in [-0.05, 0) is 88.2 Å². The normalized spacial score (nSPS) is 12.4. The number of carbonyl (C=O) groups is 2. The van der Waals surface area contributed by atoms with Gasteiger partial charge in [0.2, 0.25) is 0 Å². The molecular formula is C29H38N2O5-2. The molecule has 0 N–H and O–H groups in total. The number of carboxylic acids is 2. The van der Waals surface area contributed by atoms with Crippen molar-refractivity contribution in [3.05, 3.63) is 57.6 Å². The van der Waals surface area contributed by atoms with Crippen molar-refractivity contribution >= 4 is 11.9 Å². The predicted octanol–water partition coefficient (Wildman–Crippen LogP) is 2.66. The lowest BCUT2D eigenvalue weighted by atomic mass is 9.85. The van der Waals surface area contributed by atoms with Gasteiger partial charge in [-0.25, -0.2) is 0 Å². The second-order valence-corrected chi connectivity index (χ2v) is 9.26. The molecule has 0 aromatic heterocycles. The average Bonchev–Trinajstić information content (AvgIpc) is 2.87. The molecule has 0 amide bonds. The Morgan fingerprint density at radius 2 is 1.44 bits per heavy atom. The van der Waals surface area contributed by atoms with Crippen LogP contribution in [0.4, 0.5) is 0 Å². The van der Waals surface area contributed by atoms with Crippen molar-refractivity contribution in [3.8, 4) is 11.5 Å². The average molecular weight is 495 g/mol. The first kappa shape index (κ1) is 27.7. The Bertz CT molecular complexity index is 1070. The van der Waals surface area contributed by atoms with Gasteiger partial charge in [0.15, 0.2) is 0 Å². The molecule has 196 valence electrons. The summed E-state index contributed by atoms with van der Waals surface area (Å²) in [6, 6.07) is 6.75. The highest BCUT2D eigenvalue weighted by molar-refractivity contribution is 5.93. The smallest absolute Gasteiger partial charge is 0.131 e. The molecule has 0 saturated carbocycles. The molecule has 2 aromatic carbocycles. The summed E-state index contributed by atoms with van der Waals surface area (Å²) in [7, 11) is 0. The Morgan fingerprint density at radius 3 is 2.00 bits per heavy atom. The Labute approximate surface area is 214 Å². The van der Waals surface area contributed by atoms with Gasteiger partial charge in [-0.15, -0.1) is 0 Å². The van der Waals surface area contributed by atoms with E-state index in [-0.39, 0.29) is 17.5 Å². The van der Waals surface area contributed by atoms with Gasteiger partial charge >= 0.3 is 0 Å². The lowest BCUT2D eigenvalue weighted by Crippen LogP contribution is -2.29. The molecule has 0 fully saturated rings. The van der Waals surface area contributed by atoms with Gasteiger partial charge in [-0.1, -0.05) is 39.8 Å². The van der Waals surface area contributed by atoms with Crippen LogP contribution in [0.15, 0.2) is 24.3 Å². The zero-order valence-corrected chi connectivity index (χ0v) is 22.0. The Hall–Kier alpha value is -2.90. The van der Waals surface area contributed by atoms with Gasteiger partial charge in [-0.3, -0.25) is 0 Å². The van der Waals surface area contributed by atoms with Crippen molar-refractivity contribution in [2.45, 2.75) is 59.8 Å². The van der Waals surface area contributed by atoms with E-state index in [0.29, 0.717) is 29.0 Å². The Balaban J connectivity index is 2.02. The third-order valence-corrected chi connectivity index (χ3v) is 7.33. The number of hydrogen-bond donors (Lipinski definition) is 0. The van der Waals surface area contributed by atoms with Crippen LogP contribution < -0.4 is 14.9 Å². The molecule has 36 heavy (non-hydrogen) atoms. The van der Waals surface area contributed by atoms with Crippen LogP contribution in [0.1, 0.15) is 83.5 Å². The maximum atomic E-state index is 12.5. The van der Waals surface area contributed by atoms with E-state index in [1.807, 2.05) is 6.07 Å². The monoisotopic (exact) mass is 494 g/mol. The van der Waals surface area contributed by atoms with Crippen LogP contribution in [0.5, 0.6) is 11.5 Å². The summed E-state index contributed by atoms with van der Waals surface area (Å²) in [4.78, 5) is 28.9. The van der Waals surface area contributed by atoms with Crippen LogP contribution in [0.25, 0.3) is 0 Å². The van der Waals surface area contributed by atoms with Crippen LogP contribution in [0.2, 0.25) is 0 Å². The SMILES string of the molecule is CCN(CC)CCCc1cc2c(c(C(=O)[O-])c1CCCN(CC)CC)Cc1c(cccc1C(=O)[O-])O2. The third kappa shape index (κ3) is 6.26. The van der Waals surface area contributed by atoms with Crippen LogP contribution in [-0.2, 0) is 19.3 Å². The number of ether oxygens (including phenoxy) is 1. The van der Waals surface area contributed by atoms with E-state index in [9.17, 15) is 19.8 Å². The maximum Gasteiger partial charge on any atom is 0.131 e. The van der Waals surface area contributed by atoms with Crippen LogP contribution in [0, 0.1) is 0 Å². The molecule has 0 spiro atoms. The first-order valence-electron chi connectivity index (χ1n) is 13.2. The fourth-order valence-corrected chi connectivity index (χ4v) is 5.20. The molecule has 7 nitrogen and oxygen atoms in total. The number of aromatic carboxylic acids is 2. The van der Waals surface area contributed by atoms with Crippen molar-refractivity contribution in [3.63, 3.8) is 0 Å². The van der Waals surface area contributed by atoms with E-state index < -0.39 is 11.9 Å². The second-order valence-electron chi connectivity index (χ2n) is 9.26. The summed E-state index contributed by atoms with van der Waals surface area (Å²) in [5.41, 5.74) is 2.87. The molecule has 0 bridgehead atoms. The molecule has 3 rings (SSSR count). The molecule has 0 unspecified atom stereocenters. The summed E-state index contributed by atoms with van der Waals surface area (Å²) >= 11 is 0. The van der Waals surface area contributed by atoms with Gasteiger partial charge in [0, 0.05) is 28.7 Å². The number of benzene rings is 2. The first-order chi connectivity index (χ1) is 17.3. The van der Waals surface area contributed by atoms with Crippen LogP contribution in [0.3, 0.4) is 0 Å². The number of hydrogen-bond acceptors (Lipinski definition) is 7. The van der Waals surface area contributed by atoms with E-state index >= 15 is 0 Å². The third-order valence-electron chi connectivity index (χ3n) is 7.33. The maximum absolute atomic E-state index is 12.5. The highest BCUT2D eigenvalue weighted by Gasteiger charge is 2.26. The van der Waals surface area contributed by atoms with Crippen molar-refractivity contribution in [1.29, 1.82) is 0 Å². The van der Waals surface area contributed by atoms with Gasteiger partial charge in [0.1, 0.15) is 11.5 Å². The number of carboxylic acid groups (broad SMARTS) is 2. The van der Waals surface area contributed by atoms with Gasteiger partial charge in [0.05, 0.1) is 11.9 Å². The molecule has 0 radical (unpaired) electrons. The van der Waals surface area contributed by atoms with Crippen LogP contribution >= 0.6 is 0 Å². The van der Waals surface area contributed by atoms with E-state index in [4.69, 9.17) is 4.74 Å². The van der Waals surface area contributed by atoms with E-state index in [0.717, 1.165) is 69.7 Å². The van der Waals surface area contributed by atoms with Crippen molar-refractivity contribution in [2.75, 3.05) is 39.3 Å². The standard InChI is InChI=1S/C29H40N2O5/c1-5-30(6-2)16-10-12-20-18-26-24(19-23-22(28(32)33)13-9-15-25(23)36-26)27(29(34)35)21(20)14-11-17-31(7-3)8-4/h9,13,15,18H,5-8,10-12,14,16-17,19H2,1-4H3,(H,32,33)(H,34,35)/p-2. The summed E-state index contributed by atoms with van der Waals surface area (Å²) in [6.45, 7) is 14.2. The zero-order valence-electron chi connectivity index (χ0n) is 22.0. The molecule has 7 heteroatoms. The van der Waals surface area contributed by atoms with Crippen molar-refractivity contribution < 1.29 is 24.5 Å². The number of rotatable bonds is 14. The highest BCUT2D eigenvalue weighted by atomic mass is 16.5. The van der Waals surface area contributed by atoms with E-state index in [1.54, 1.807) is 12.1 Å². The first-order valence-corrected chi connectivity index (χ1v) is 13.2. The number of nitrogens with zero attached hydrogens (tertiary/aromatic N) is 2. The minimum absolute atomic E-state index is 0.0221. The number of carbonyl (C=O) groups excluding carboxylic acids is 2. The molecular weight excluding hydrogens is 456 g/mol. The van der Waals surface area contributed by atoms with Gasteiger partial charge in [-0.2, -0.15) is 0 Å². The summed E-state index contributed by atoms with van der Waals surface area (Å²) < 4.78 is 6.10. The summed E-state index contributed by atoms with van der Waals surface area (Å²) in [6.07, 6.45) is 3.23. The van der Waals surface area contributed by atoms with Crippen LogP contribution in [-0.4, -0.2) is 61.0 Å². The lowest BCUT2D eigenvalue weighted by molar-refractivity contribution is -0.256. The molecule has 1 aliphatic heterocycles. The van der Waals surface area contributed by atoms with Crippen molar-refractivity contribution in [1.82, 2.24) is 9.80 Å².